The van der Waals surface area contributed by atoms with Crippen LogP contribution in [0.2, 0.25) is 0 Å². The van der Waals surface area contributed by atoms with Gasteiger partial charge in [-0.25, -0.2) is 9.97 Å². The van der Waals surface area contributed by atoms with Crippen molar-refractivity contribution in [3.05, 3.63) is 163 Å². The van der Waals surface area contributed by atoms with Gasteiger partial charge in [-0.3, -0.25) is 4.99 Å². The molecule has 0 spiro atoms. The number of hydrogen-bond donors (Lipinski definition) is 0. The summed E-state index contributed by atoms with van der Waals surface area (Å²) >= 11 is 0. The Morgan fingerprint density at radius 2 is 1.17 bits per heavy atom. The van der Waals surface area contributed by atoms with E-state index in [1.807, 2.05) is 61.5 Å². The molecule has 47 heavy (non-hydrogen) atoms. The van der Waals surface area contributed by atoms with Gasteiger partial charge in [0.1, 0.15) is 0 Å². The van der Waals surface area contributed by atoms with Crippen molar-refractivity contribution in [2.24, 2.45) is 4.99 Å². The lowest BCUT2D eigenvalue weighted by molar-refractivity contribution is 1.18. The first-order chi connectivity index (χ1) is 23.2. The van der Waals surface area contributed by atoms with Gasteiger partial charge >= 0.3 is 0 Å². The van der Waals surface area contributed by atoms with E-state index in [9.17, 15) is 0 Å². The minimum Gasteiger partial charge on any atom is -0.264 e. The molecule has 8 aromatic rings. The Bertz CT molecular complexity index is 2400. The maximum Gasteiger partial charge on any atom is 0.160 e. The molecule has 3 heteroatoms. The zero-order chi connectivity index (χ0) is 31.7. The van der Waals surface area contributed by atoms with Crippen molar-refractivity contribution in [1.82, 2.24) is 9.97 Å². The highest BCUT2D eigenvalue weighted by atomic mass is 14.9. The molecule has 0 aliphatic heterocycles. The molecule has 0 radical (unpaired) electrons. The predicted molar refractivity (Wildman–Crippen MR) is 200 cm³/mol. The number of aliphatic imine (C=N–C) groups is 1. The maximum absolute atomic E-state index is 5.16. The van der Waals surface area contributed by atoms with Crippen LogP contribution in [0.5, 0.6) is 0 Å². The van der Waals surface area contributed by atoms with Crippen molar-refractivity contribution >= 4 is 44.7 Å². The van der Waals surface area contributed by atoms with E-state index in [0.29, 0.717) is 5.82 Å². The molecule has 7 aromatic carbocycles. The summed E-state index contributed by atoms with van der Waals surface area (Å²) in [6, 6.07) is 49.1. The second-order valence-corrected chi connectivity index (χ2v) is 11.7. The minimum atomic E-state index is 0.653. The number of hydrogen-bond acceptors (Lipinski definition) is 3. The first-order valence-corrected chi connectivity index (χ1v) is 15.8. The van der Waals surface area contributed by atoms with Gasteiger partial charge in [-0.2, -0.15) is 0 Å². The molecule has 3 nitrogen and oxygen atoms in total. The molecular weight excluding hydrogens is 571 g/mol. The first kappa shape index (κ1) is 28.3. The molecule has 0 saturated heterocycles. The highest BCUT2D eigenvalue weighted by molar-refractivity contribution is 6.25. The van der Waals surface area contributed by atoms with Crippen LogP contribution in [0.4, 0.5) is 0 Å². The van der Waals surface area contributed by atoms with Gasteiger partial charge in [0.05, 0.1) is 17.1 Å². The molecule has 0 aliphatic carbocycles. The minimum absolute atomic E-state index is 0.653. The van der Waals surface area contributed by atoms with Gasteiger partial charge in [-0.1, -0.05) is 127 Å². The largest absolute Gasteiger partial charge is 0.264 e. The molecule has 0 fully saturated rings. The molecule has 0 bridgehead atoms. The first-order valence-electron chi connectivity index (χ1n) is 15.8. The highest BCUT2D eigenvalue weighted by Gasteiger charge is 2.17. The summed E-state index contributed by atoms with van der Waals surface area (Å²) in [5.74, 6) is 0.653. The zero-order valence-corrected chi connectivity index (χ0v) is 26.1. The molecule has 0 amide bonds. The van der Waals surface area contributed by atoms with E-state index >= 15 is 0 Å². The van der Waals surface area contributed by atoms with Crippen LogP contribution < -0.4 is 0 Å². The van der Waals surface area contributed by atoms with E-state index in [1.54, 1.807) is 0 Å². The Balaban J connectivity index is 1.40. The number of nitrogens with zero attached hydrogens (tertiary/aromatic N) is 3. The van der Waals surface area contributed by atoms with Crippen molar-refractivity contribution in [2.45, 2.75) is 6.92 Å². The number of benzene rings is 7. The monoisotopic (exact) mass is 601 g/mol. The molecule has 0 saturated carbocycles. The zero-order valence-electron chi connectivity index (χ0n) is 26.1. The molecule has 0 N–H and O–H groups in total. The molecular formula is C44H31N3. The SMILES string of the molecule is C=N/C(=C\C=C/C)c1cc(-c2nc(-c3ccccc3)cc(-c3ccccc3)n2)cc(-c2ccc3ccc4cccc5ccc2c3c45)c1. The summed E-state index contributed by atoms with van der Waals surface area (Å²) in [6.45, 7) is 5.92. The van der Waals surface area contributed by atoms with Crippen LogP contribution in [0.1, 0.15) is 12.5 Å². The fourth-order valence-corrected chi connectivity index (χ4v) is 6.56. The molecule has 1 heterocycles. The number of rotatable bonds is 7. The lowest BCUT2D eigenvalue weighted by Crippen LogP contribution is -1.97. The standard InChI is InChI=1S/C44H31N3/c1-3-4-18-39(45-2)35-25-34(37-23-21-33-20-19-31-16-11-17-32-22-24-38(37)43(33)42(31)32)26-36(27-35)44-46-40(29-12-7-5-8-13-29)28-41(47-44)30-14-9-6-10-15-30/h3-28H,2H2,1H3/b4-3-,39-18-. The lowest BCUT2D eigenvalue weighted by atomic mass is 9.88. The predicted octanol–water partition coefficient (Wildman–Crippen LogP) is 11.7. The third-order valence-corrected chi connectivity index (χ3v) is 8.81. The Hall–Kier alpha value is -6.19. The molecule has 0 unspecified atom stereocenters. The van der Waals surface area contributed by atoms with Crippen molar-refractivity contribution in [2.75, 3.05) is 0 Å². The molecule has 222 valence electrons. The van der Waals surface area contributed by atoms with Crippen LogP contribution in [0.15, 0.2) is 163 Å². The quantitative estimate of drug-likeness (QED) is 0.104. The van der Waals surface area contributed by atoms with Crippen LogP contribution in [-0.2, 0) is 0 Å². The van der Waals surface area contributed by atoms with Gasteiger partial charge in [0, 0.05) is 22.3 Å². The van der Waals surface area contributed by atoms with Gasteiger partial charge in [0.15, 0.2) is 5.82 Å². The fourth-order valence-electron chi connectivity index (χ4n) is 6.56. The van der Waals surface area contributed by atoms with E-state index < -0.39 is 0 Å². The van der Waals surface area contributed by atoms with E-state index in [4.69, 9.17) is 9.97 Å². The smallest absolute Gasteiger partial charge is 0.160 e. The van der Waals surface area contributed by atoms with Gasteiger partial charge < -0.3 is 0 Å². The van der Waals surface area contributed by atoms with Gasteiger partial charge in [-0.15, -0.1) is 0 Å². The Morgan fingerprint density at radius 1 is 0.574 bits per heavy atom. The number of allylic oxidation sites excluding steroid dienone is 3. The van der Waals surface area contributed by atoms with Crippen molar-refractivity contribution in [1.29, 1.82) is 0 Å². The third kappa shape index (κ3) is 5.18. The summed E-state index contributed by atoms with van der Waals surface area (Å²) in [5, 5.41) is 7.53. The lowest BCUT2D eigenvalue weighted by Gasteiger charge is -2.16. The molecule has 0 aliphatic rings. The van der Waals surface area contributed by atoms with Crippen molar-refractivity contribution in [3.8, 4) is 45.0 Å². The Morgan fingerprint density at radius 3 is 1.81 bits per heavy atom. The van der Waals surface area contributed by atoms with Crippen LogP contribution in [0.25, 0.3) is 83.0 Å². The normalized spacial score (nSPS) is 12.1. The summed E-state index contributed by atoms with van der Waals surface area (Å²) in [7, 11) is 0. The third-order valence-electron chi connectivity index (χ3n) is 8.81. The summed E-state index contributed by atoms with van der Waals surface area (Å²) in [4.78, 5) is 14.8. The molecule has 8 rings (SSSR count). The Labute approximate surface area is 274 Å². The van der Waals surface area contributed by atoms with E-state index in [1.165, 1.54) is 32.3 Å². The van der Waals surface area contributed by atoms with Gasteiger partial charge in [0.25, 0.3) is 0 Å². The van der Waals surface area contributed by atoms with Gasteiger partial charge in [-0.05, 0) is 87.4 Å². The van der Waals surface area contributed by atoms with Crippen LogP contribution in [-0.4, -0.2) is 16.7 Å². The highest BCUT2D eigenvalue weighted by Crippen LogP contribution is 2.41. The summed E-state index contributed by atoms with van der Waals surface area (Å²) in [6.07, 6.45) is 5.98. The Kier molecular flexibility index (Phi) is 7.20. The number of aromatic nitrogens is 2. The van der Waals surface area contributed by atoms with Crippen LogP contribution >= 0.6 is 0 Å². The second kappa shape index (κ2) is 12.0. The second-order valence-electron chi connectivity index (χ2n) is 11.7. The van der Waals surface area contributed by atoms with Gasteiger partial charge in [0.2, 0.25) is 0 Å². The molecule has 1 aromatic heterocycles. The van der Waals surface area contributed by atoms with E-state index in [-0.39, 0.29) is 0 Å². The maximum atomic E-state index is 5.16. The van der Waals surface area contributed by atoms with E-state index in [0.717, 1.165) is 50.5 Å². The topological polar surface area (TPSA) is 38.1 Å². The molecule has 0 atom stereocenters. The van der Waals surface area contributed by atoms with Crippen LogP contribution in [0, 0.1) is 0 Å². The fraction of sp³-hybridized carbons (Fsp3) is 0.0227. The summed E-state index contributed by atoms with van der Waals surface area (Å²) < 4.78 is 0. The van der Waals surface area contributed by atoms with Crippen molar-refractivity contribution < 1.29 is 0 Å². The average Bonchev–Trinajstić information content (AvgIpc) is 3.14. The van der Waals surface area contributed by atoms with E-state index in [2.05, 4.69) is 115 Å². The average molecular weight is 602 g/mol. The van der Waals surface area contributed by atoms with Crippen molar-refractivity contribution in [3.63, 3.8) is 0 Å². The summed E-state index contributed by atoms with van der Waals surface area (Å²) in [5.41, 5.74) is 8.68. The van der Waals surface area contributed by atoms with Crippen LogP contribution in [0.3, 0.4) is 0 Å².